The maximum atomic E-state index is 12.4. The summed E-state index contributed by atoms with van der Waals surface area (Å²) in [6, 6.07) is 0. The minimum atomic E-state index is -3.85. The van der Waals surface area contributed by atoms with Crippen LogP contribution in [0.3, 0.4) is 0 Å². The summed E-state index contributed by atoms with van der Waals surface area (Å²) >= 11 is 1.06. The predicted molar refractivity (Wildman–Crippen MR) is 76.9 cm³/mol. The zero-order valence-electron chi connectivity index (χ0n) is 11.6. The zero-order valence-corrected chi connectivity index (χ0v) is 13.3. The Hall–Kier alpha value is -1.94. The lowest BCUT2D eigenvalue weighted by Gasteiger charge is -2.05. The van der Waals surface area contributed by atoms with Gasteiger partial charge in [0.25, 0.3) is 10.0 Å². The van der Waals surface area contributed by atoms with E-state index < -0.39 is 16.0 Å². The van der Waals surface area contributed by atoms with Crippen LogP contribution >= 0.6 is 11.3 Å². The lowest BCUT2D eigenvalue weighted by atomic mass is 10.2. The molecule has 2 heterocycles. The molecule has 0 aromatic carbocycles. The molecule has 21 heavy (non-hydrogen) atoms. The van der Waals surface area contributed by atoms with E-state index in [0.29, 0.717) is 11.3 Å². The summed E-state index contributed by atoms with van der Waals surface area (Å²) in [5, 5.41) is 7.36. The second-order valence-electron chi connectivity index (χ2n) is 4.15. The first-order valence-corrected chi connectivity index (χ1v) is 8.38. The molecule has 0 aliphatic rings. The van der Waals surface area contributed by atoms with Crippen molar-refractivity contribution in [2.24, 2.45) is 0 Å². The monoisotopic (exact) mass is 330 g/mol. The topological polar surface area (TPSA) is 114 Å². The van der Waals surface area contributed by atoms with Crippen molar-refractivity contribution in [2.75, 3.05) is 11.3 Å². The Morgan fingerprint density at radius 1 is 1.48 bits per heavy atom. The fourth-order valence-corrected chi connectivity index (χ4v) is 4.07. The Balaban J connectivity index is 2.42. The highest BCUT2D eigenvalue weighted by Gasteiger charge is 2.27. The third kappa shape index (κ3) is 3.05. The minimum Gasteiger partial charge on any atom is -0.461 e. The molecule has 0 saturated heterocycles. The van der Waals surface area contributed by atoms with Gasteiger partial charge in [0.2, 0.25) is 5.13 Å². The average molecular weight is 330 g/mol. The molecule has 0 spiro atoms. The van der Waals surface area contributed by atoms with E-state index in [0.717, 1.165) is 11.3 Å². The molecule has 0 fully saturated rings. The summed E-state index contributed by atoms with van der Waals surface area (Å²) in [6.07, 6.45) is 0. The summed E-state index contributed by atoms with van der Waals surface area (Å²) in [6.45, 7) is 5.01. The standard InChI is InChI=1S/C11H14N4O4S2/c1-4-19-10(16)8-6(2)9(7(3)13-8)21(17,18)15-11-14-12-5-20-11/h5,13H,4H2,1-3H3,(H,14,15). The summed E-state index contributed by atoms with van der Waals surface area (Å²) in [5.41, 5.74) is 2.21. The number of aryl methyl sites for hydroxylation is 1. The van der Waals surface area contributed by atoms with E-state index in [1.165, 1.54) is 5.51 Å². The number of esters is 1. The molecule has 2 aromatic rings. The molecular weight excluding hydrogens is 316 g/mol. The summed E-state index contributed by atoms with van der Waals surface area (Å²) in [7, 11) is -3.85. The largest absolute Gasteiger partial charge is 0.461 e. The molecule has 0 unspecified atom stereocenters. The van der Waals surface area contributed by atoms with E-state index in [9.17, 15) is 13.2 Å². The van der Waals surface area contributed by atoms with E-state index in [1.807, 2.05) is 0 Å². The van der Waals surface area contributed by atoms with Gasteiger partial charge in [0.1, 0.15) is 16.1 Å². The van der Waals surface area contributed by atoms with Crippen LogP contribution in [-0.4, -0.2) is 36.2 Å². The Labute approximate surface area is 125 Å². The molecule has 2 aromatic heterocycles. The van der Waals surface area contributed by atoms with Crippen LogP contribution < -0.4 is 4.72 Å². The second-order valence-corrected chi connectivity index (χ2v) is 6.60. The molecular formula is C11H14N4O4S2. The fourth-order valence-electron chi connectivity index (χ4n) is 1.93. The first-order valence-electron chi connectivity index (χ1n) is 6.02. The molecule has 8 nitrogen and oxygen atoms in total. The quantitative estimate of drug-likeness (QED) is 0.802. The van der Waals surface area contributed by atoms with Gasteiger partial charge in [-0.3, -0.25) is 4.72 Å². The van der Waals surface area contributed by atoms with Crippen LogP contribution in [0.1, 0.15) is 28.7 Å². The Morgan fingerprint density at radius 2 is 2.19 bits per heavy atom. The van der Waals surface area contributed by atoms with Gasteiger partial charge in [0.15, 0.2) is 0 Å². The van der Waals surface area contributed by atoms with Crippen molar-refractivity contribution in [3.8, 4) is 0 Å². The molecule has 114 valence electrons. The van der Waals surface area contributed by atoms with Gasteiger partial charge in [-0.1, -0.05) is 11.3 Å². The Bertz CT molecular complexity index is 750. The normalized spacial score (nSPS) is 11.4. The van der Waals surface area contributed by atoms with Crippen molar-refractivity contribution in [3.05, 3.63) is 22.5 Å². The molecule has 0 saturated carbocycles. The number of ether oxygens (including phenoxy) is 1. The number of hydrogen-bond acceptors (Lipinski definition) is 7. The van der Waals surface area contributed by atoms with Gasteiger partial charge < -0.3 is 9.72 Å². The van der Waals surface area contributed by atoms with Crippen LogP contribution in [0.4, 0.5) is 5.13 Å². The van der Waals surface area contributed by atoms with Crippen molar-refractivity contribution in [3.63, 3.8) is 0 Å². The van der Waals surface area contributed by atoms with E-state index >= 15 is 0 Å². The number of sulfonamides is 1. The number of nitrogens with zero attached hydrogens (tertiary/aromatic N) is 2. The highest BCUT2D eigenvalue weighted by atomic mass is 32.2. The molecule has 0 aliphatic heterocycles. The number of aromatic amines is 1. The van der Waals surface area contributed by atoms with Gasteiger partial charge in [-0.15, -0.1) is 10.2 Å². The fraction of sp³-hybridized carbons (Fsp3) is 0.364. The van der Waals surface area contributed by atoms with Gasteiger partial charge in [-0.05, 0) is 20.8 Å². The van der Waals surface area contributed by atoms with Crippen molar-refractivity contribution < 1.29 is 17.9 Å². The van der Waals surface area contributed by atoms with Gasteiger partial charge in [0.05, 0.1) is 6.61 Å². The van der Waals surface area contributed by atoms with Crippen LogP contribution in [0.15, 0.2) is 10.4 Å². The van der Waals surface area contributed by atoms with E-state index in [2.05, 4.69) is 19.9 Å². The van der Waals surface area contributed by atoms with Gasteiger partial charge in [-0.25, -0.2) is 13.2 Å². The first-order chi connectivity index (χ1) is 9.86. The summed E-state index contributed by atoms with van der Waals surface area (Å²) < 4.78 is 32.0. The van der Waals surface area contributed by atoms with Crippen LogP contribution in [0.25, 0.3) is 0 Å². The van der Waals surface area contributed by atoms with Gasteiger partial charge in [-0.2, -0.15) is 0 Å². The molecule has 0 atom stereocenters. The Morgan fingerprint density at radius 3 is 2.76 bits per heavy atom. The number of aromatic nitrogens is 3. The van der Waals surface area contributed by atoms with E-state index in [-0.39, 0.29) is 22.3 Å². The maximum Gasteiger partial charge on any atom is 0.355 e. The average Bonchev–Trinajstić information content (AvgIpc) is 2.97. The third-order valence-corrected chi connectivity index (χ3v) is 5.05. The molecule has 2 rings (SSSR count). The highest BCUT2D eigenvalue weighted by molar-refractivity contribution is 7.93. The minimum absolute atomic E-state index is 0.0146. The van der Waals surface area contributed by atoms with Crippen molar-refractivity contribution >= 4 is 32.5 Å². The number of rotatable bonds is 5. The van der Waals surface area contributed by atoms with Crippen LogP contribution in [0.2, 0.25) is 0 Å². The number of nitrogens with one attached hydrogen (secondary N) is 2. The van der Waals surface area contributed by atoms with Crippen molar-refractivity contribution in [1.82, 2.24) is 15.2 Å². The smallest absolute Gasteiger partial charge is 0.355 e. The van der Waals surface area contributed by atoms with Gasteiger partial charge in [0, 0.05) is 11.3 Å². The first kappa shape index (κ1) is 15.4. The molecule has 0 aliphatic carbocycles. The van der Waals surface area contributed by atoms with Gasteiger partial charge >= 0.3 is 5.97 Å². The number of carbonyl (C=O) groups is 1. The second kappa shape index (κ2) is 5.82. The van der Waals surface area contributed by atoms with Crippen LogP contribution in [0, 0.1) is 13.8 Å². The van der Waals surface area contributed by atoms with Crippen molar-refractivity contribution in [1.29, 1.82) is 0 Å². The molecule has 0 radical (unpaired) electrons. The zero-order chi connectivity index (χ0) is 15.6. The summed E-state index contributed by atoms with van der Waals surface area (Å²) in [5.74, 6) is -0.588. The number of carbonyl (C=O) groups excluding carboxylic acids is 1. The lowest BCUT2D eigenvalue weighted by Crippen LogP contribution is -2.15. The summed E-state index contributed by atoms with van der Waals surface area (Å²) in [4.78, 5) is 14.6. The predicted octanol–water partition coefficient (Wildman–Crippen LogP) is 1.46. The van der Waals surface area contributed by atoms with E-state index in [1.54, 1.807) is 20.8 Å². The molecule has 2 N–H and O–H groups in total. The number of hydrogen-bond donors (Lipinski definition) is 2. The molecule has 0 bridgehead atoms. The lowest BCUT2D eigenvalue weighted by molar-refractivity contribution is 0.0519. The van der Waals surface area contributed by atoms with Crippen LogP contribution in [0.5, 0.6) is 0 Å². The highest BCUT2D eigenvalue weighted by Crippen LogP contribution is 2.26. The van der Waals surface area contributed by atoms with Crippen LogP contribution in [-0.2, 0) is 14.8 Å². The molecule has 0 amide bonds. The van der Waals surface area contributed by atoms with Crippen molar-refractivity contribution in [2.45, 2.75) is 25.7 Å². The van der Waals surface area contributed by atoms with E-state index in [4.69, 9.17) is 4.74 Å². The maximum absolute atomic E-state index is 12.4. The molecule has 10 heteroatoms. The SMILES string of the molecule is CCOC(=O)c1[nH]c(C)c(S(=O)(=O)Nc2nncs2)c1C. The number of anilines is 1. The Kier molecular flexibility index (Phi) is 4.28. The number of H-pyrrole nitrogens is 1. The third-order valence-electron chi connectivity index (χ3n) is 2.70.